The van der Waals surface area contributed by atoms with E-state index >= 15 is 0 Å². The van der Waals surface area contributed by atoms with Crippen molar-refractivity contribution in [1.29, 1.82) is 0 Å². The summed E-state index contributed by atoms with van der Waals surface area (Å²) >= 11 is 0. The van der Waals surface area contributed by atoms with E-state index in [1.165, 1.54) is 6.07 Å². The summed E-state index contributed by atoms with van der Waals surface area (Å²) in [6.45, 7) is 5.26. The first kappa shape index (κ1) is 9.84. The second-order valence-corrected chi connectivity index (χ2v) is 2.86. The average molecular weight is 186 g/mol. The molecule has 0 fully saturated rings. The molecule has 1 aromatic rings. The van der Waals surface area contributed by atoms with Gasteiger partial charge in [0.05, 0.1) is 5.56 Å². The number of allylic oxidation sites excluding steroid dienone is 1. The second kappa shape index (κ2) is 3.24. The molecule has 3 heteroatoms. The van der Waals surface area contributed by atoms with Gasteiger partial charge in [0.25, 0.3) is 0 Å². The lowest BCUT2D eigenvalue weighted by atomic mass is 10.1. The predicted octanol–water partition coefficient (Wildman–Crippen LogP) is 3.74. The van der Waals surface area contributed by atoms with Crippen molar-refractivity contribution >= 4 is 5.57 Å². The quantitative estimate of drug-likeness (QED) is 0.626. The molecule has 0 nitrogen and oxygen atoms in total. The summed E-state index contributed by atoms with van der Waals surface area (Å²) in [4.78, 5) is 0. The highest BCUT2D eigenvalue weighted by Crippen LogP contribution is 2.30. The van der Waals surface area contributed by atoms with E-state index in [4.69, 9.17) is 0 Å². The van der Waals surface area contributed by atoms with Crippen LogP contribution in [0.5, 0.6) is 0 Å². The third kappa shape index (κ3) is 2.34. The van der Waals surface area contributed by atoms with Crippen molar-refractivity contribution in [2.45, 2.75) is 13.1 Å². The van der Waals surface area contributed by atoms with Crippen LogP contribution in [0.25, 0.3) is 5.57 Å². The van der Waals surface area contributed by atoms with Crippen LogP contribution in [0.2, 0.25) is 0 Å². The van der Waals surface area contributed by atoms with Gasteiger partial charge in [-0.1, -0.05) is 24.3 Å². The maximum Gasteiger partial charge on any atom is 0.416 e. The van der Waals surface area contributed by atoms with Crippen molar-refractivity contribution in [3.63, 3.8) is 0 Å². The molecule has 0 saturated carbocycles. The summed E-state index contributed by atoms with van der Waals surface area (Å²) < 4.78 is 36.6. The number of hydrogen-bond acceptors (Lipinski definition) is 0. The lowest BCUT2D eigenvalue weighted by Gasteiger charge is -2.07. The molecule has 0 aliphatic rings. The molecule has 1 rings (SSSR count). The van der Waals surface area contributed by atoms with Gasteiger partial charge in [-0.05, 0) is 24.6 Å². The lowest BCUT2D eigenvalue weighted by molar-refractivity contribution is -0.137. The summed E-state index contributed by atoms with van der Waals surface area (Å²) in [5.41, 5.74) is 0.522. The number of alkyl halides is 3. The maximum absolute atomic E-state index is 12.2. The number of hydrogen-bond donors (Lipinski definition) is 0. The highest BCUT2D eigenvalue weighted by Gasteiger charge is 2.30. The van der Waals surface area contributed by atoms with Crippen LogP contribution in [0.4, 0.5) is 13.2 Å². The van der Waals surface area contributed by atoms with Gasteiger partial charge in [0, 0.05) is 0 Å². The van der Waals surface area contributed by atoms with E-state index in [1.807, 2.05) is 0 Å². The van der Waals surface area contributed by atoms with Crippen LogP contribution >= 0.6 is 0 Å². The summed E-state index contributed by atoms with van der Waals surface area (Å²) in [7, 11) is 0. The minimum Gasteiger partial charge on any atom is -0.166 e. The minimum atomic E-state index is -4.27. The molecule has 70 valence electrons. The molecule has 0 heterocycles. The first-order chi connectivity index (χ1) is 5.91. The average Bonchev–Trinajstić information content (AvgIpc) is 2.03. The number of benzene rings is 1. The van der Waals surface area contributed by atoms with Crippen molar-refractivity contribution < 1.29 is 13.2 Å². The van der Waals surface area contributed by atoms with E-state index in [0.29, 0.717) is 11.1 Å². The zero-order valence-electron chi connectivity index (χ0n) is 7.15. The largest absolute Gasteiger partial charge is 0.416 e. The molecule has 0 aromatic heterocycles. The molecule has 0 amide bonds. The highest BCUT2D eigenvalue weighted by molar-refractivity contribution is 5.61. The molecule has 0 bridgehead atoms. The molecule has 1 aromatic carbocycles. The van der Waals surface area contributed by atoms with Crippen LogP contribution in [0, 0.1) is 0 Å². The molecular formula is C10H9F3. The van der Waals surface area contributed by atoms with Gasteiger partial charge in [0.15, 0.2) is 0 Å². The van der Waals surface area contributed by atoms with Gasteiger partial charge < -0.3 is 0 Å². The Hall–Kier alpha value is -1.25. The topological polar surface area (TPSA) is 0 Å². The molecule has 13 heavy (non-hydrogen) atoms. The molecule has 0 unspecified atom stereocenters. The Morgan fingerprint density at radius 1 is 1.31 bits per heavy atom. The van der Waals surface area contributed by atoms with Gasteiger partial charge in [0.1, 0.15) is 0 Å². The summed E-state index contributed by atoms with van der Waals surface area (Å²) in [5, 5.41) is 0. The summed E-state index contributed by atoms with van der Waals surface area (Å²) in [6, 6.07) is 5.14. The zero-order valence-corrected chi connectivity index (χ0v) is 7.15. The van der Waals surface area contributed by atoms with Gasteiger partial charge in [0.2, 0.25) is 0 Å². The first-order valence-electron chi connectivity index (χ1n) is 3.74. The molecule has 0 atom stereocenters. The SMILES string of the molecule is C=C(C)c1cccc(C(F)(F)F)c1. The summed E-state index contributed by atoms with van der Waals surface area (Å²) in [5.74, 6) is 0. The maximum atomic E-state index is 12.2. The van der Waals surface area contributed by atoms with Crippen LogP contribution in [0.3, 0.4) is 0 Å². The van der Waals surface area contributed by atoms with Gasteiger partial charge in [-0.3, -0.25) is 0 Å². The van der Waals surface area contributed by atoms with Crippen LogP contribution in [0.15, 0.2) is 30.8 Å². The van der Waals surface area contributed by atoms with E-state index in [2.05, 4.69) is 6.58 Å². The van der Waals surface area contributed by atoms with Crippen molar-refractivity contribution in [2.24, 2.45) is 0 Å². The van der Waals surface area contributed by atoms with Crippen molar-refractivity contribution in [3.8, 4) is 0 Å². The number of halogens is 3. The smallest absolute Gasteiger partial charge is 0.166 e. The molecular weight excluding hydrogens is 177 g/mol. The highest BCUT2D eigenvalue weighted by atomic mass is 19.4. The predicted molar refractivity (Wildman–Crippen MR) is 46.2 cm³/mol. The molecule has 0 spiro atoms. The third-order valence-electron chi connectivity index (χ3n) is 1.68. The Labute approximate surface area is 74.7 Å². The van der Waals surface area contributed by atoms with E-state index in [1.54, 1.807) is 13.0 Å². The Morgan fingerprint density at radius 2 is 1.92 bits per heavy atom. The third-order valence-corrected chi connectivity index (χ3v) is 1.68. The Balaban J connectivity index is 3.13. The second-order valence-electron chi connectivity index (χ2n) is 2.86. The van der Waals surface area contributed by atoms with Gasteiger partial charge >= 0.3 is 6.18 Å². The number of rotatable bonds is 1. The van der Waals surface area contributed by atoms with E-state index in [0.717, 1.165) is 12.1 Å². The Morgan fingerprint density at radius 3 is 2.38 bits per heavy atom. The van der Waals surface area contributed by atoms with E-state index in [-0.39, 0.29) is 0 Å². The van der Waals surface area contributed by atoms with Crippen molar-refractivity contribution in [1.82, 2.24) is 0 Å². The van der Waals surface area contributed by atoms with Crippen LogP contribution < -0.4 is 0 Å². The fourth-order valence-electron chi connectivity index (χ4n) is 0.961. The molecule has 0 aliphatic carbocycles. The fourth-order valence-corrected chi connectivity index (χ4v) is 0.961. The lowest BCUT2D eigenvalue weighted by Crippen LogP contribution is -2.04. The zero-order chi connectivity index (χ0) is 10.1. The van der Waals surface area contributed by atoms with Crippen LogP contribution in [0.1, 0.15) is 18.1 Å². The fraction of sp³-hybridized carbons (Fsp3) is 0.200. The van der Waals surface area contributed by atoms with E-state index in [9.17, 15) is 13.2 Å². The standard InChI is InChI=1S/C10H9F3/c1-7(2)8-4-3-5-9(6-8)10(11,12)13/h3-6H,1H2,2H3. The Kier molecular flexibility index (Phi) is 2.45. The van der Waals surface area contributed by atoms with Crippen molar-refractivity contribution in [2.75, 3.05) is 0 Å². The Bertz CT molecular complexity index is 323. The molecule has 0 N–H and O–H groups in total. The normalized spacial score (nSPS) is 11.4. The van der Waals surface area contributed by atoms with Crippen LogP contribution in [-0.2, 0) is 6.18 Å². The van der Waals surface area contributed by atoms with Crippen molar-refractivity contribution in [3.05, 3.63) is 42.0 Å². The first-order valence-corrected chi connectivity index (χ1v) is 3.74. The summed E-state index contributed by atoms with van der Waals surface area (Å²) in [6.07, 6.45) is -4.27. The van der Waals surface area contributed by atoms with E-state index < -0.39 is 11.7 Å². The van der Waals surface area contributed by atoms with Gasteiger partial charge in [-0.25, -0.2) is 0 Å². The van der Waals surface area contributed by atoms with Gasteiger partial charge in [-0.15, -0.1) is 0 Å². The monoisotopic (exact) mass is 186 g/mol. The van der Waals surface area contributed by atoms with Crippen LogP contribution in [-0.4, -0.2) is 0 Å². The minimum absolute atomic E-state index is 0.523. The van der Waals surface area contributed by atoms with Gasteiger partial charge in [-0.2, -0.15) is 13.2 Å². The molecule has 0 radical (unpaired) electrons. The molecule has 0 aliphatic heterocycles. The molecule has 0 saturated heterocycles.